The molecular weight excluding hydrogens is 188 g/mol. The van der Waals surface area contributed by atoms with Gasteiger partial charge in [-0.3, -0.25) is 11.3 Å². The summed E-state index contributed by atoms with van der Waals surface area (Å²) >= 11 is 0. The topological polar surface area (TPSA) is 44.5 Å². The zero-order valence-corrected chi connectivity index (χ0v) is 9.95. The molecule has 0 spiro atoms. The Kier molecular flexibility index (Phi) is 3.61. The lowest BCUT2D eigenvalue weighted by molar-refractivity contribution is 0.166. The van der Waals surface area contributed by atoms with Crippen molar-refractivity contribution in [1.82, 2.24) is 15.2 Å². The standard InChI is InChI=1S/C11H24N4/c1-14-6-3-7-15(2)10(8-14)11(13-12)9-4-5-9/h9-11,13H,3-8,12H2,1-2H3. The number of rotatable bonds is 3. The van der Waals surface area contributed by atoms with Crippen LogP contribution in [0.2, 0.25) is 0 Å². The number of hydrazine groups is 1. The Morgan fingerprint density at radius 2 is 2.00 bits per heavy atom. The number of nitrogens with zero attached hydrogens (tertiary/aromatic N) is 2. The first kappa shape index (κ1) is 11.3. The highest BCUT2D eigenvalue weighted by molar-refractivity contribution is 4.95. The maximum absolute atomic E-state index is 5.71. The Morgan fingerprint density at radius 3 is 2.60 bits per heavy atom. The van der Waals surface area contributed by atoms with Gasteiger partial charge in [-0.2, -0.15) is 0 Å². The van der Waals surface area contributed by atoms with Gasteiger partial charge in [-0.1, -0.05) is 0 Å². The van der Waals surface area contributed by atoms with Crippen LogP contribution >= 0.6 is 0 Å². The molecule has 1 heterocycles. The first-order valence-corrected chi connectivity index (χ1v) is 6.07. The van der Waals surface area contributed by atoms with Crippen molar-refractivity contribution in [3.8, 4) is 0 Å². The predicted molar refractivity (Wildman–Crippen MR) is 62.4 cm³/mol. The largest absolute Gasteiger partial charge is 0.305 e. The van der Waals surface area contributed by atoms with Crippen molar-refractivity contribution in [1.29, 1.82) is 0 Å². The summed E-state index contributed by atoms with van der Waals surface area (Å²) in [6, 6.07) is 1.06. The van der Waals surface area contributed by atoms with Crippen molar-refractivity contribution in [2.45, 2.75) is 31.3 Å². The molecular formula is C11H24N4. The Bertz CT molecular complexity index is 205. The van der Waals surface area contributed by atoms with Gasteiger partial charge in [0.1, 0.15) is 0 Å². The molecule has 2 fully saturated rings. The summed E-state index contributed by atoms with van der Waals surface area (Å²) in [5, 5.41) is 0. The summed E-state index contributed by atoms with van der Waals surface area (Å²) in [4.78, 5) is 4.91. The lowest BCUT2D eigenvalue weighted by Gasteiger charge is -2.34. The highest BCUT2D eigenvalue weighted by Gasteiger charge is 2.38. The van der Waals surface area contributed by atoms with E-state index in [9.17, 15) is 0 Å². The third-order valence-electron chi connectivity index (χ3n) is 3.85. The van der Waals surface area contributed by atoms with Crippen LogP contribution in [0.15, 0.2) is 0 Å². The lowest BCUT2D eigenvalue weighted by atomic mass is 10.0. The summed E-state index contributed by atoms with van der Waals surface area (Å²) in [6.07, 6.45) is 3.97. The van der Waals surface area contributed by atoms with Crippen molar-refractivity contribution in [2.24, 2.45) is 11.8 Å². The molecule has 0 aromatic heterocycles. The quantitative estimate of drug-likeness (QED) is 0.505. The highest BCUT2D eigenvalue weighted by atomic mass is 15.3. The average Bonchev–Trinajstić information content (AvgIpc) is 3.00. The molecule has 1 saturated carbocycles. The molecule has 3 N–H and O–H groups in total. The van der Waals surface area contributed by atoms with E-state index in [1.54, 1.807) is 0 Å². The second kappa shape index (κ2) is 4.78. The van der Waals surface area contributed by atoms with E-state index >= 15 is 0 Å². The third kappa shape index (κ3) is 2.69. The SMILES string of the molecule is CN1CCCN(C)C(C(NN)C2CC2)C1. The maximum Gasteiger partial charge on any atom is 0.0406 e. The van der Waals surface area contributed by atoms with Crippen molar-refractivity contribution in [2.75, 3.05) is 33.7 Å². The molecule has 15 heavy (non-hydrogen) atoms. The summed E-state index contributed by atoms with van der Waals surface area (Å²) < 4.78 is 0. The van der Waals surface area contributed by atoms with Gasteiger partial charge < -0.3 is 9.80 Å². The Hall–Kier alpha value is -0.160. The lowest BCUT2D eigenvalue weighted by Crippen LogP contribution is -2.55. The molecule has 2 atom stereocenters. The zero-order chi connectivity index (χ0) is 10.8. The van der Waals surface area contributed by atoms with E-state index in [1.807, 2.05) is 0 Å². The van der Waals surface area contributed by atoms with Crippen LogP contribution in [-0.2, 0) is 0 Å². The fourth-order valence-electron chi connectivity index (χ4n) is 2.71. The summed E-state index contributed by atoms with van der Waals surface area (Å²) in [7, 11) is 4.45. The van der Waals surface area contributed by atoms with Gasteiger partial charge in [0, 0.05) is 18.6 Å². The van der Waals surface area contributed by atoms with Gasteiger partial charge in [-0.25, -0.2) is 0 Å². The second-order valence-corrected chi connectivity index (χ2v) is 5.19. The van der Waals surface area contributed by atoms with E-state index in [1.165, 1.54) is 32.4 Å². The molecule has 4 nitrogen and oxygen atoms in total. The molecule has 1 aliphatic heterocycles. The Morgan fingerprint density at radius 1 is 1.27 bits per heavy atom. The van der Waals surface area contributed by atoms with Crippen LogP contribution in [0, 0.1) is 5.92 Å². The number of nitrogens with one attached hydrogen (secondary N) is 1. The molecule has 0 aromatic carbocycles. The van der Waals surface area contributed by atoms with Gasteiger partial charge in [-0.15, -0.1) is 0 Å². The molecule has 4 heteroatoms. The minimum Gasteiger partial charge on any atom is -0.305 e. The van der Waals surface area contributed by atoms with Crippen LogP contribution in [0.1, 0.15) is 19.3 Å². The third-order valence-corrected chi connectivity index (χ3v) is 3.85. The second-order valence-electron chi connectivity index (χ2n) is 5.19. The Balaban J connectivity index is 2.01. The molecule has 2 aliphatic rings. The molecule has 0 radical (unpaired) electrons. The van der Waals surface area contributed by atoms with Crippen LogP contribution in [0.25, 0.3) is 0 Å². The van der Waals surface area contributed by atoms with E-state index in [0.717, 1.165) is 12.5 Å². The summed E-state index contributed by atoms with van der Waals surface area (Å²) in [5.74, 6) is 6.52. The molecule has 88 valence electrons. The van der Waals surface area contributed by atoms with Crippen LogP contribution < -0.4 is 11.3 Å². The molecule has 0 aromatic rings. The van der Waals surface area contributed by atoms with E-state index in [0.29, 0.717) is 12.1 Å². The van der Waals surface area contributed by atoms with Crippen molar-refractivity contribution in [3.05, 3.63) is 0 Å². The van der Waals surface area contributed by atoms with E-state index in [-0.39, 0.29) is 0 Å². The number of hydrogen-bond acceptors (Lipinski definition) is 4. The van der Waals surface area contributed by atoms with Gasteiger partial charge >= 0.3 is 0 Å². The number of hydrogen-bond donors (Lipinski definition) is 2. The fraction of sp³-hybridized carbons (Fsp3) is 1.00. The van der Waals surface area contributed by atoms with E-state index in [4.69, 9.17) is 5.84 Å². The minimum atomic E-state index is 0.482. The van der Waals surface area contributed by atoms with Crippen molar-refractivity contribution < 1.29 is 0 Å². The monoisotopic (exact) mass is 212 g/mol. The summed E-state index contributed by atoms with van der Waals surface area (Å²) in [6.45, 7) is 3.55. The molecule has 2 rings (SSSR count). The molecule has 0 amide bonds. The minimum absolute atomic E-state index is 0.482. The first-order chi connectivity index (χ1) is 7.22. The van der Waals surface area contributed by atoms with Crippen molar-refractivity contribution in [3.63, 3.8) is 0 Å². The van der Waals surface area contributed by atoms with Crippen LogP contribution in [-0.4, -0.2) is 55.6 Å². The highest BCUT2D eigenvalue weighted by Crippen LogP contribution is 2.35. The van der Waals surface area contributed by atoms with Crippen molar-refractivity contribution >= 4 is 0 Å². The van der Waals surface area contributed by atoms with Crippen LogP contribution in [0.4, 0.5) is 0 Å². The van der Waals surface area contributed by atoms with Crippen LogP contribution in [0.5, 0.6) is 0 Å². The molecule has 1 saturated heterocycles. The maximum atomic E-state index is 5.71. The van der Waals surface area contributed by atoms with E-state index < -0.39 is 0 Å². The smallest absolute Gasteiger partial charge is 0.0406 e. The fourth-order valence-corrected chi connectivity index (χ4v) is 2.71. The first-order valence-electron chi connectivity index (χ1n) is 6.07. The Labute approximate surface area is 92.8 Å². The number of likely N-dealkylation sites (N-methyl/N-ethyl adjacent to an activating group) is 2. The zero-order valence-electron chi connectivity index (χ0n) is 9.95. The normalized spacial score (nSPS) is 32.6. The van der Waals surface area contributed by atoms with Gasteiger partial charge in [0.2, 0.25) is 0 Å². The number of nitrogens with two attached hydrogens (primary N) is 1. The van der Waals surface area contributed by atoms with Gasteiger partial charge in [-0.05, 0) is 52.4 Å². The molecule has 2 unspecified atom stereocenters. The van der Waals surface area contributed by atoms with Gasteiger partial charge in [0.15, 0.2) is 0 Å². The summed E-state index contributed by atoms with van der Waals surface area (Å²) in [5.41, 5.74) is 3.04. The average molecular weight is 212 g/mol. The molecule has 0 bridgehead atoms. The van der Waals surface area contributed by atoms with E-state index in [2.05, 4.69) is 29.3 Å². The van der Waals surface area contributed by atoms with Gasteiger partial charge in [0.25, 0.3) is 0 Å². The predicted octanol–water partition coefficient (Wildman–Crippen LogP) is -0.136. The molecule has 1 aliphatic carbocycles. The van der Waals surface area contributed by atoms with Crippen LogP contribution in [0.3, 0.4) is 0 Å². The van der Waals surface area contributed by atoms with Gasteiger partial charge in [0.05, 0.1) is 0 Å².